The van der Waals surface area contributed by atoms with Gasteiger partial charge in [0.05, 0.1) is 6.61 Å². The zero-order valence-corrected chi connectivity index (χ0v) is 10.5. The summed E-state index contributed by atoms with van der Waals surface area (Å²) >= 11 is 0. The SMILES string of the molecule is C=CCNc1nccn1-c1ccc(COC)cc1. The lowest BCUT2D eigenvalue weighted by atomic mass is 10.2. The zero-order valence-electron chi connectivity index (χ0n) is 10.5. The van der Waals surface area contributed by atoms with E-state index >= 15 is 0 Å². The average Bonchev–Trinajstić information content (AvgIpc) is 2.86. The molecule has 0 unspecified atom stereocenters. The van der Waals surface area contributed by atoms with Crippen molar-refractivity contribution in [3.05, 3.63) is 54.9 Å². The van der Waals surface area contributed by atoms with Crippen molar-refractivity contribution < 1.29 is 4.74 Å². The minimum atomic E-state index is 0.631. The molecule has 0 aliphatic heterocycles. The molecule has 0 aliphatic rings. The van der Waals surface area contributed by atoms with Crippen molar-refractivity contribution in [2.75, 3.05) is 19.0 Å². The van der Waals surface area contributed by atoms with Crippen molar-refractivity contribution in [3.63, 3.8) is 0 Å². The third-order valence-corrected chi connectivity index (χ3v) is 2.57. The molecular formula is C14H17N3O. The monoisotopic (exact) mass is 243 g/mol. The molecule has 4 nitrogen and oxygen atoms in total. The van der Waals surface area contributed by atoms with E-state index in [0.29, 0.717) is 13.2 Å². The van der Waals surface area contributed by atoms with Gasteiger partial charge in [0.15, 0.2) is 0 Å². The smallest absolute Gasteiger partial charge is 0.207 e. The van der Waals surface area contributed by atoms with Crippen molar-refractivity contribution in [1.29, 1.82) is 0 Å². The number of hydrogen-bond acceptors (Lipinski definition) is 3. The maximum atomic E-state index is 5.09. The Labute approximate surface area is 107 Å². The predicted molar refractivity (Wildman–Crippen MR) is 73.0 cm³/mol. The van der Waals surface area contributed by atoms with Crippen LogP contribution in [-0.4, -0.2) is 23.2 Å². The number of nitrogens with zero attached hydrogens (tertiary/aromatic N) is 2. The summed E-state index contributed by atoms with van der Waals surface area (Å²) < 4.78 is 7.09. The van der Waals surface area contributed by atoms with E-state index in [1.165, 1.54) is 0 Å². The minimum absolute atomic E-state index is 0.631. The van der Waals surface area contributed by atoms with Gasteiger partial charge >= 0.3 is 0 Å². The van der Waals surface area contributed by atoms with Crippen molar-refractivity contribution >= 4 is 5.95 Å². The Hall–Kier alpha value is -2.07. The van der Waals surface area contributed by atoms with Crippen LogP contribution in [0.3, 0.4) is 0 Å². The first kappa shape index (κ1) is 12.4. The fourth-order valence-electron chi connectivity index (χ4n) is 1.73. The lowest BCUT2D eigenvalue weighted by molar-refractivity contribution is 0.185. The van der Waals surface area contributed by atoms with Crippen molar-refractivity contribution in [1.82, 2.24) is 9.55 Å². The molecule has 1 heterocycles. The van der Waals surface area contributed by atoms with Crippen LogP contribution in [0.5, 0.6) is 0 Å². The van der Waals surface area contributed by atoms with Gasteiger partial charge < -0.3 is 10.1 Å². The highest BCUT2D eigenvalue weighted by Gasteiger charge is 2.03. The van der Waals surface area contributed by atoms with Crippen LogP contribution in [0.2, 0.25) is 0 Å². The average molecular weight is 243 g/mol. The first-order valence-corrected chi connectivity index (χ1v) is 5.81. The molecule has 1 aromatic carbocycles. The number of rotatable bonds is 6. The second-order valence-corrected chi connectivity index (χ2v) is 3.89. The third kappa shape index (κ3) is 2.78. The molecule has 0 bridgehead atoms. The van der Waals surface area contributed by atoms with Gasteiger partial charge in [-0.1, -0.05) is 18.2 Å². The van der Waals surface area contributed by atoms with E-state index in [1.54, 1.807) is 19.4 Å². The van der Waals surface area contributed by atoms with E-state index in [4.69, 9.17) is 4.74 Å². The molecule has 0 saturated heterocycles. The number of anilines is 1. The largest absolute Gasteiger partial charge is 0.380 e. The number of nitrogens with one attached hydrogen (secondary N) is 1. The molecule has 1 aromatic heterocycles. The van der Waals surface area contributed by atoms with Gasteiger partial charge in [-0.3, -0.25) is 4.57 Å². The number of benzene rings is 1. The first-order valence-electron chi connectivity index (χ1n) is 5.81. The van der Waals surface area contributed by atoms with Crippen LogP contribution < -0.4 is 5.32 Å². The fourth-order valence-corrected chi connectivity index (χ4v) is 1.73. The molecule has 0 atom stereocenters. The van der Waals surface area contributed by atoms with Gasteiger partial charge in [-0.2, -0.15) is 0 Å². The molecule has 0 saturated carbocycles. The molecule has 0 amide bonds. The molecule has 0 spiro atoms. The topological polar surface area (TPSA) is 39.1 Å². The molecule has 1 N–H and O–H groups in total. The summed E-state index contributed by atoms with van der Waals surface area (Å²) in [6, 6.07) is 8.20. The van der Waals surface area contributed by atoms with E-state index < -0.39 is 0 Å². The number of methoxy groups -OCH3 is 1. The van der Waals surface area contributed by atoms with Crippen molar-refractivity contribution in [2.24, 2.45) is 0 Å². The van der Waals surface area contributed by atoms with E-state index in [2.05, 4.69) is 41.1 Å². The van der Waals surface area contributed by atoms with Crippen LogP contribution in [0.15, 0.2) is 49.3 Å². The maximum absolute atomic E-state index is 5.09. The Kier molecular flexibility index (Phi) is 4.15. The standard InChI is InChI=1S/C14H17N3O/c1-3-8-15-14-16-9-10-17(14)13-6-4-12(5-7-13)11-18-2/h3-7,9-10H,1,8,11H2,2H3,(H,15,16). The van der Waals surface area contributed by atoms with Gasteiger partial charge in [-0.15, -0.1) is 6.58 Å². The summed E-state index contributed by atoms with van der Waals surface area (Å²) in [6.07, 6.45) is 5.51. The van der Waals surface area contributed by atoms with Gasteiger partial charge in [0, 0.05) is 31.7 Å². The van der Waals surface area contributed by atoms with Crippen LogP contribution in [0, 0.1) is 0 Å². The van der Waals surface area contributed by atoms with Crippen LogP contribution >= 0.6 is 0 Å². The van der Waals surface area contributed by atoms with Crippen LogP contribution in [-0.2, 0) is 11.3 Å². The zero-order chi connectivity index (χ0) is 12.8. The predicted octanol–water partition coefficient (Wildman–Crippen LogP) is 2.62. The molecule has 18 heavy (non-hydrogen) atoms. The molecule has 0 radical (unpaired) electrons. The maximum Gasteiger partial charge on any atom is 0.207 e. The summed E-state index contributed by atoms with van der Waals surface area (Å²) in [5, 5.41) is 3.19. The van der Waals surface area contributed by atoms with E-state index in [9.17, 15) is 0 Å². The Balaban J connectivity index is 2.20. The molecule has 0 fully saturated rings. The Morgan fingerprint density at radius 2 is 2.17 bits per heavy atom. The minimum Gasteiger partial charge on any atom is -0.380 e. The molecule has 0 aliphatic carbocycles. The van der Waals surface area contributed by atoms with Crippen molar-refractivity contribution in [3.8, 4) is 5.69 Å². The molecular weight excluding hydrogens is 226 g/mol. The molecule has 2 rings (SSSR count). The Morgan fingerprint density at radius 3 is 2.83 bits per heavy atom. The Bertz CT molecular complexity index is 502. The lowest BCUT2D eigenvalue weighted by Gasteiger charge is -2.09. The van der Waals surface area contributed by atoms with Crippen molar-refractivity contribution in [2.45, 2.75) is 6.61 Å². The fraction of sp³-hybridized carbons (Fsp3) is 0.214. The highest BCUT2D eigenvalue weighted by Crippen LogP contribution is 2.15. The van der Waals surface area contributed by atoms with Gasteiger partial charge in [0.2, 0.25) is 5.95 Å². The van der Waals surface area contributed by atoms with E-state index in [1.807, 2.05) is 10.8 Å². The van der Waals surface area contributed by atoms with Gasteiger partial charge in [-0.05, 0) is 17.7 Å². The molecule has 94 valence electrons. The summed E-state index contributed by atoms with van der Waals surface area (Å²) in [7, 11) is 1.70. The highest BCUT2D eigenvalue weighted by atomic mass is 16.5. The lowest BCUT2D eigenvalue weighted by Crippen LogP contribution is -2.05. The van der Waals surface area contributed by atoms with Crippen LogP contribution in [0.25, 0.3) is 5.69 Å². The summed E-state index contributed by atoms with van der Waals surface area (Å²) in [4.78, 5) is 4.27. The molecule has 4 heteroatoms. The van der Waals surface area contributed by atoms with E-state index in [0.717, 1.165) is 17.2 Å². The number of imidazole rings is 1. The normalized spacial score (nSPS) is 10.3. The summed E-state index contributed by atoms with van der Waals surface area (Å²) in [5.74, 6) is 0.814. The van der Waals surface area contributed by atoms with Gasteiger partial charge in [0.1, 0.15) is 0 Å². The second-order valence-electron chi connectivity index (χ2n) is 3.89. The second kappa shape index (κ2) is 6.02. The van der Waals surface area contributed by atoms with Crippen LogP contribution in [0.4, 0.5) is 5.95 Å². The van der Waals surface area contributed by atoms with Gasteiger partial charge in [-0.25, -0.2) is 4.98 Å². The summed E-state index contributed by atoms with van der Waals surface area (Å²) in [6.45, 7) is 5.01. The third-order valence-electron chi connectivity index (χ3n) is 2.57. The first-order chi connectivity index (χ1) is 8.85. The number of hydrogen-bond donors (Lipinski definition) is 1. The highest BCUT2D eigenvalue weighted by molar-refractivity contribution is 5.43. The quantitative estimate of drug-likeness (QED) is 0.793. The molecule has 2 aromatic rings. The van der Waals surface area contributed by atoms with Gasteiger partial charge in [0.25, 0.3) is 0 Å². The Morgan fingerprint density at radius 1 is 1.39 bits per heavy atom. The number of ether oxygens (including phenoxy) is 1. The summed E-state index contributed by atoms with van der Waals surface area (Å²) in [5.41, 5.74) is 2.22. The number of aromatic nitrogens is 2. The van der Waals surface area contributed by atoms with Crippen LogP contribution in [0.1, 0.15) is 5.56 Å². The van der Waals surface area contributed by atoms with E-state index in [-0.39, 0.29) is 0 Å².